The van der Waals surface area contributed by atoms with Crippen LogP contribution in [-0.2, 0) is 6.54 Å². The van der Waals surface area contributed by atoms with Crippen LogP contribution in [0.5, 0.6) is 11.5 Å². The van der Waals surface area contributed by atoms with E-state index >= 15 is 0 Å². The van der Waals surface area contributed by atoms with E-state index in [1.54, 1.807) is 24.4 Å². The van der Waals surface area contributed by atoms with Crippen molar-refractivity contribution in [3.63, 3.8) is 0 Å². The zero-order valence-electron chi connectivity index (χ0n) is 13.8. The van der Waals surface area contributed by atoms with Crippen LogP contribution >= 0.6 is 0 Å². The molecule has 0 aliphatic carbocycles. The van der Waals surface area contributed by atoms with Gasteiger partial charge in [0.2, 0.25) is 0 Å². The molecule has 3 aromatic carbocycles. The molecule has 0 saturated heterocycles. The molecule has 3 rings (SSSR count). The van der Waals surface area contributed by atoms with Crippen LogP contribution in [0.25, 0.3) is 10.8 Å². The van der Waals surface area contributed by atoms with Gasteiger partial charge in [0.1, 0.15) is 0 Å². The Kier molecular flexibility index (Phi) is 4.66. The predicted octanol–water partition coefficient (Wildman–Crippen LogP) is 4.02. The van der Waals surface area contributed by atoms with Crippen molar-refractivity contribution in [2.24, 2.45) is 5.10 Å². The van der Waals surface area contributed by atoms with E-state index in [-0.39, 0.29) is 5.75 Å². The van der Waals surface area contributed by atoms with Crippen molar-refractivity contribution in [1.29, 1.82) is 0 Å². The zero-order valence-corrected chi connectivity index (χ0v) is 13.8. The minimum Gasteiger partial charge on any atom is -0.504 e. The highest BCUT2D eigenvalue weighted by molar-refractivity contribution is 5.85. The van der Waals surface area contributed by atoms with Crippen LogP contribution in [0.4, 0.5) is 0 Å². The van der Waals surface area contributed by atoms with Crippen molar-refractivity contribution in [1.82, 2.24) is 5.01 Å². The lowest BCUT2D eigenvalue weighted by molar-refractivity contribution is 0.350. The first-order valence-electron chi connectivity index (χ1n) is 7.76. The third-order valence-corrected chi connectivity index (χ3v) is 3.89. The first kappa shape index (κ1) is 15.9. The van der Waals surface area contributed by atoms with Gasteiger partial charge < -0.3 is 9.84 Å². The quantitative estimate of drug-likeness (QED) is 0.570. The highest BCUT2D eigenvalue weighted by Crippen LogP contribution is 2.25. The molecule has 0 atom stereocenters. The molecule has 4 nitrogen and oxygen atoms in total. The summed E-state index contributed by atoms with van der Waals surface area (Å²) >= 11 is 0. The second-order valence-corrected chi connectivity index (χ2v) is 5.63. The fourth-order valence-electron chi connectivity index (χ4n) is 2.66. The molecule has 122 valence electrons. The van der Waals surface area contributed by atoms with E-state index in [1.807, 2.05) is 18.1 Å². The van der Waals surface area contributed by atoms with E-state index in [0.717, 1.165) is 5.56 Å². The van der Waals surface area contributed by atoms with Gasteiger partial charge in [-0.1, -0.05) is 42.5 Å². The van der Waals surface area contributed by atoms with Gasteiger partial charge in [-0.25, -0.2) is 0 Å². The third kappa shape index (κ3) is 3.49. The van der Waals surface area contributed by atoms with Crippen LogP contribution < -0.4 is 4.74 Å². The topological polar surface area (TPSA) is 45.1 Å². The number of methoxy groups -OCH3 is 1. The molecule has 0 unspecified atom stereocenters. The number of hydrazone groups is 1. The highest BCUT2D eigenvalue weighted by atomic mass is 16.5. The summed E-state index contributed by atoms with van der Waals surface area (Å²) in [5, 5.41) is 18.5. The van der Waals surface area contributed by atoms with Gasteiger partial charge in [-0.3, -0.25) is 5.01 Å². The van der Waals surface area contributed by atoms with E-state index in [1.165, 1.54) is 23.4 Å². The monoisotopic (exact) mass is 320 g/mol. The van der Waals surface area contributed by atoms with Crippen molar-refractivity contribution in [3.8, 4) is 11.5 Å². The Labute approximate surface area is 141 Å². The van der Waals surface area contributed by atoms with E-state index in [4.69, 9.17) is 4.74 Å². The Morgan fingerprint density at radius 2 is 1.88 bits per heavy atom. The van der Waals surface area contributed by atoms with Gasteiger partial charge in [-0.05, 0) is 40.1 Å². The van der Waals surface area contributed by atoms with Gasteiger partial charge in [-0.2, -0.15) is 5.10 Å². The molecule has 0 fully saturated rings. The average Bonchev–Trinajstić information content (AvgIpc) is 2.61. The molecular weight excluding hydrogens is 300 g/mol. The van der Waals surface area contributed by atoms with E-state index in [2.05, 4.69) is 41.5 Å². The normalized spacial score (nSPS) is 11.1. The predicted molar refractivity (Wildman–Crippen MR) is 97.7 cm³/mol. The van der Waals surface area contributed by atoms with Crippen molar-refractivity contribution in [2.75, 3.05) is 14.2 Å². The molecule has 0 saturated carbocycles. The number of phenolic OH excluding ortho intramolecular Hbond substituents is 1. The van der Waals surface area contributed by atoms with Crippen LogP contribution in [0.15, 0.2) is 65.8 Å². The molecule has 0 radical (unpaired) electrons. The smallest absolute Gasteiger partial charge is 0.161 e. The summed E-state index contributed by atoms with van der Waals surface area (Å²) in [6.07, 6.45) is 1.76. The molecule has 0 heterocycles. The number of phenols is 1. The summed E-state index contributed by atoms with van der Waals surface area (Å²) in [4.78, 5) is 0. The number of nitrogens with zero attached hydrogens (tertiary/aromatic N) is 2. The van der Waals surface area contributed by atoms with Crippen LogP contribution in [0.1, 0.15) is 11.1 Å². The van der Waals surface area contributed by atoms with Crippen molar-refractivity contribution in [2.45, 2.75) is 6.54 Å². The Bertz CT molecular complexity index is 869. The van der Waals surface area contributed by atoms with Gasteiger partial charge in [0.25, 0.3) is 0 Å². The summed E-state index contributed by atoms with van der Waals surface area (Å²) in [6, 6.07) is 19.8. The second-order valence-electron chi connectivity index (χ2n) is 5.63. The minimum atomic E-state index is 0.124. The molecule has 3 aromatic rings. The number of benzene rings is 3. The van der Waals surface area contributed by atoms with Crippen LogP contribution in [0.2, 0.25) is 0 Å². The number of fused-ring (bicyclic) bond motifs is 1. The van der Waals surface area contributed by atoms with Crippen LogP contribution in [-0.4, -0.2) is 30.5 Å². The second kappa shape index (κ2) is 7.04. The standard InChI is InChI=1S/C20H20N2O2/c1-22(21-13-15-10-11-19(23)20(12-15)24-2)14-17-8-5-7-16-6-3-4-9-18(16)17/h3-13,23H,14H2,1-2H3/b21-13-. The molecule has 4 heteroatoms. The van der Waals surface area contributed by atoms with Gasteiger partial charge in [-0.15, -0.1) is 0 Å². The summed E-state index contributed by atoms with van der Waals surface area (Å²) in [5.41, 5.74) is 2.10. The molecule has 0 aromatic heterocycles. The fourth-order valence-corrected chi connectivity index (χ4v) is 2.66. The van der Waals surface area contributed by atoms with Gasteiger partial charge in [0.05, 0.1) is 19.9 Å². The lowest BCUT2D eigenvalue weighted by Gasteiger charge is -2.14. The van der Waals surface area contributed by atoms with E-state index in [9.17, 15) is 5.11 Å². The molecule has 0 amide bonds. The average molecular weight is 320 g/mol. The molecule has 0 aliphatic heterocycles. The third-order valence-electron chi connectivity index (χ3n) is 3.89. The zero-order chi connectivity index (χ0) is 16.9. The highest BCUT2D eigenvalue weighted by Gasteiger charge is 2.03. The first-order valence-corrected chi connectivity index (χ1v) is 7.76. The Balaban J connectivity index is 1.76. The number of hydrogen-bond acceptors (Lipinski definition) is 4. The van der Waals surface area contributed by atoms with Gasteiger partial charge in [0.15, 0.2) is 11.5 Å². The number of aromatic hydroxyl groups is 1. The Morgan fingerprint density at radius 3 is 2.71 bits per heavy atom. The number of hydrogen-bond donors (Lipinski definition) is 1. The molecule has 0 bridgehead atoms. The number of ether oxygens (including phenoxy) is 1. The molecule has 0 spiro atoms. The minimum absolute atomic E-state index is 0.124. The summed E-state index contributed by atoms with van der Waals surface area (Å²) < 4.78 is 5.11. The number of rotatable bonds is 5. The first-order chi connectivity index (χ1) is 11.7. The van der Waals surface area contributed by atoms with E-state index < -0.39 is 0 Å². The Hall–Kier alpha value is -3.01. The summed E-state index contributed by atoms with van der Waals surface area (Å²) in [6.45, 7) is 0.715. The van der Waals surface area contributed by atoms with Gasteiger partial charge in [0, 0.05) is 7.05 Å². The summed E-state index contributed by atoms with van der Waals surface area (Å²) in [5.74, 6) is 0.564. The molecule has 24 heavy (non-hydrogen) atoms. The van der Waals surface area contributed by atoms with Gasteiger partial charge >= 0.3 is 0 Å². The maximum atomic E-state index is 9.63. The largest absolute Gasteiger partial charge is 0.504 e. The van der Waals surface area contributed by atoms with Crippen LogP contribution in [0, 0.1) is 0 Å². The molecule has 1 N–H and O–H groups in total. The summed E-state index contributed by atoms with van der Waals surface area (Å²) in [7, 11) is 3.47. The Morgan fingerprint density at radius 1 is 1.08 bits per heavy atom. The van der Waals surface area contributed by atoms with Crippen LogP contribution in [0.3, 0.4) is 0 Å². The molecule has 0 aliphatic rings. The fraction of sp³-hybridized carbons (Fsp3) is 0.150. The van der Waals surface area contributed by atoms with Crippen molar-refractivity contribution in [3.05, 3.63) is 71.8 Å². The lowest BCUT2D eigenvalue weighted by Crippen LogP contribution is -2.11. The SMILES string of the molecule is COc1cc(/C=N\N(C)Cc2cccc3ccccc23)ccc1O. The van der Waals surface area contributed by atoms with Crippen molar-refractivity contribution < 1.29 is 9.84 Å². The van der Waals surface area contributed by atoms with E-state index in [0.29, 0.717) is 12.3 Å². The maximum absolute atomic E-state index is 9.63. The molecular formula is C20H20N2O2. The van der Waals surface area contributed by atoms with Crippen molar-refractivity contribution >= 4 is 17.0 Å². The lowest BCUT2D eigenvalue weighted by atomic mass is 10.0. The maximum Gasteiger partial charge on any atom is 0.161 e.